The van der Waals surface area contributed by atoms with Gasteiger partial charge in [-0.05, 0) is 69.1 Å². The van der Waals surface area contributed by atoms with Crippen LogP contribution in [0.5, 0.6) is 0 Å². The molecule has 0 saturated carbocycles. The van der Waals surface area contributed by atoms with E-state index in [1.807, 2.05) is 6.07 Å². The fourth-order valence-corrected chi connectivity index (χ4v) is 2.39. The van der Waals surface area contributed by atoms with Crippen molar-refractivity contribution in [2.45, 2.75) is 19.3 Å². The second-order valence-corrected chi connectivity index (χ2v) is 4.84. The first kappa shape index (κ1) is 11.4. The number of nitrogens with two attached hydrogens (primary N) is 1. The maximum absolute atomic E-state index is 13.2. The Balaban J connectivity index is 1.98. The van der Waals surface area contributed by atoms with Crippen LogP contribution in [0.15, 0.2) is 18.2 Å². The fraction of sp³-hybridized carbons (Fsp3) is 0.538. The average Bonchev–Trinajstić information content (AvgIpc) is 2.20. The summed E-state index contributed by atoms with van der Waals surface area (Å²) in [6, 6.07) is 4.87. The zero-order valence-electron chi connectivity index (χ0n) is 9.75. The molecule has 1 aromatic rings. The Bertz CT molecular complexity index is 337. The van der Waals surface area contributed by atoms with Crippen molar-refractivity contribution in [3.63, 3.8) is 0 Å². The maximum atomic E-state index is 13.2. The Labute approximate surface area is 96.2 Å². The van der Waals surface area contributed by atoms with Gasteiger partial charge < -0.3 is 10.6 Å². The molecule has 1 fully saturated rings. The zero-order valence-corrected chi connectivity index (χ0v) is 9.75. The molecule has 0 atom stereocenters. The highest BCUT2D eigenvalue weighted by molar-refractivity contribution is 5.41. The van der Waals surface area contributed by atoms with E-state index in [2.05, 4.69) is 11.9 Å². The van der Waals surface area contributed by atoms with Crippen LogP contribution in [0.3, 0.4) is 0 Å². The van der Waals surface area contributed by atoms with Gasteiger partial charge in [0.1, 0.15) is 5.82 Å². The summed E-state index contributed by atoms with van der Waals surface area (Å²) in [5.74, 6) is 0.459. The Morgan fingerprint density at radius 2 is 2.00 bits per heavy atom. The SMILES string of the molecule is CN1CCC(Cc2cc(N)cc(F)c2)CC1. The van der Waals surface area contributed by atoms with Crippen molar-refractivity contribution < 1.29 is 4.39 Å². The molecule has 1 saturated heterocycles. The van der Waals surface area contributed by atoms with Gasteiger partial charge in [-0.15, -0.1) is 0 Å². The molecule has 2 rings (SSSR count). The van der Waals surface area contributed by atoms with Crippen molar-refractivity contribution >= 4 is 5.69 Å². The van der Waals surface area contributed by atoms with Crippen LogP contribution in [0.1, 0.15) is 18.4 Å². The predicted molar refractivity (Wildman–Crippen MR) is 64.7 cm³/mol. The number of hydrogen-bond donors (Lipinski definition) is 1. The van der Waals surface area contributed by atoms with Gasteiger partial charge in [-0.2, -0.15) is 0 Å². The highest BCUT2D eigenvalue weighted by atomic mass is 19.1. The third-order valence-corrected chi connectivity index (χ3v) is 3.34. The van der Waals surface area contributed by atoms with Gasteiger partial charge in [0, 0.05) is 5.69 Å². The molecule has 16 heavy (non-hydrogen) atoms. The highest BCUT2D eigenvalue weighted by Gasteiger charge is 2.17. The van der Waals surface area contributed by atoms with E-state index in [1.54, 1.807) is 6.07 Å². The molecule has 0 bridgehead atoms. The summed E-state index contributed by atoms with van der Waals surface area (Å²) in [5, 5.41) is 0. The quantitative estimate of drug-likeness (QED) is 0.778. The van der Waals surface area contributed by atoms with Crippen LogP contribution in [0.25, 0.3) is 0 Å². The Hall–Kier alpha value is -1.09. The van der Waals surface area contributed by atoms with Crippen molar-refractivity contribution in [2.24, 2.45) is 5.92 Å². The van der Waals surface area contributed by atoms with E-state index < -0.39 is 0 Å². The molecule has 1 aliphatic heterocycles. The van der Waals surface area contributed by atoms with Crippen LogP contribution < -0.4 is 5.73 Å². The van der Waals surface area contributed by atoms with Gasteiger partial charge >= 0.3 is 0 Å². The monoisotopic (exact) mass is 222 g/mol. The molecule has 1 aliphatic rings. The van der Waals surface area contributed by atoms with E-state index in [9.17, 15) is 4.39 Å². The summed E-state index contributed by atoms with van der Waals surface area (Å²) in [5.41, 5.74) is 7.20. The van der Waals surface area contributed by atoms with Crippen LogP contribution in [0.4, 0.5) is 10.1 Å². The first-order valence-corrected chi connectivity index (χ1v) is 5.87. The molecule has 0 radical (unpaired) electrons. The molecule has 1 heterocycles. The minimum Gasteiger partial charge on any atom is -0.399 e. The summed E-state index contributed by atoms with van der Waals surface area (Å²) >= 11 is 0. The summed E-state index contributed by atoms with van der Waals surface area (Å²) in [4.78, 5) is 2.34. The average molecular weight is 222 g/mol. The van der Waals surface area contributed by atoms with Gasteiger partial charge in [0.25, 0.3) is 0 Å². The van der Waals surface area contributed by atoms with Gasteiger partial charge in [0.2, 0.25) is 0 Å². The largest absolute Gasteiger partial charge is 0.399 e. The topological polar surface area (TPSA) is 29.3 Å². The minimum atomic E-state index is -0.220. The molecule has 0 aromatic heterocycles. The Kier molecular flexibility index (Phi) is 3.44. The highest BCUT2D eigenvalue weighted by Crippen LogP contribution is 2.22. The Morgan fingerprint density at radius 1 is 1.31 bits per heavy atom. The van der Waals surface area contributed by atoms with Crippen molar-refractivity contribution in [3.8, 4) is 0 Å². The van der Waals surface area contributed by atoms with E-state index >= 15 is 0 Å². The van der Waals surface area contributed by atoms with Crippen LogP contribution in [0.2, 0.25) is 0 Å². The number of likely N-dealkylation sites (tertiary alicyclic amines) is 1. The number of halogens is 1. The molecule has 2 nitrogen and oxygen atoms in total. The summed E-state index contributed by atoms with van der Waals surface area (Å²) in [6.45, 7) is 2.30. The lowest BCUT2D eigenvalue weighted by Crippen LogP contribution is -2.30. The lowest BCUT2D eigenvalue weighted by molar-refractivity contribution is 0.219. The number of rotatable bonds is 2. The maximum Gasteiger partial charge on any atom is 0.125 e. The number of nitrogen functional groups attached to an aromatic ring is 1. The number of nitrogens with zero attached hydrogens (tertiary/aromatic N) is 1. The molecule has 2 N–H and O–H groups in total. The van der Waals surface area contributed by atoms with E-state index in [0.717, 1.165) is 25.1 Å². The standard InChI is InChI=1S/C13H19FN2/c1-16-4-2-10(3-5-16)6-11-7-12(14)9-13(15)8-11/h7-10H,2-6,15H2,1H3. The number of hydrogen-bond acceptors (Lipinski definition) is 2. The van der Waals surface area contributed by atoms with Crippen molar-refractivity contribution in [3.05, 3.63) is 29.6 Å². The smallest absolute Gasteiger partial charge is 0.125 e. The summed E-state index contributed by atoms with van der Waals surface area (Å²) in [6.07, 6.45) is 3.36. The first-order valence-electron chi connectivity index (χ1n) is 5.87. The van der Waals surface area contributed by atoms with Crippen molar-refractivity contribution in [1.82, 2.24) is 4.90 Å². The van der Waals surface area contributed by atoms with E-state index in [1.165, 1.54) is 18.9 Å². The number of piperidine rings is 1. The molecule has 0 spiro atoms. The van der Waals surface area contributed by atoms with Gasteiger partial charge in [-0.1, -0.05) is 0 Å². The third kappa shape index (κ3) is 2.95. The lowest BCUT2D eigenvalue weighted by Gasteiger charge is -2.29. The zero-order chi connectivity index (χ0) is 11.5. The second-order valence-electron chi connectivity index (χ2n) is 4.84. The van der Waals surface area contributed by atoms with E-state index in [0.29, 0.717) is 11.6 Å². The molecule has 88 valence electrons. The molecule has 0 amide bonds. The lowest BCUT2D eigenvalue weighted by atomic mass is 9.90. The third-order valence-electron chi connectivity index (χ3n) is 3.34. The van der Waals surface area contributed by atoms with Crippen LogP contribution >= 0.6 is 0 Å². The fourth-order valence-electron chi connectivity index (χ4n) is 2.39. The van der Waals surface area contributed by atoms with E-state index in [4.69, 9.17) is 5.73 Å². The molecule has 0 aliphatic carbocycles. The molecular formula is C13H19FN2. The normalized spacial score (nSPS) is 18.9. The minimum absolute atomic E-state index is 0.220. The Morgan fingerprint density at radius 3 is 2.62 bits per heavy atom. The van der Waals surface area contributed by atoms with Crippen LogP contribution in [-0.2, 0) is 6.42 Å². The van der Waals surface area contributed by atoms with Crippen molar-refractivity contribution in [1.29, 1.82) is 0 Å². The summed E-state index contributed by atoms with van der Waals surface area (Å²) < 4.78 is 13.2. The van der Waals surface area contributed by atoms with Gasteiger partial charge in [0.05, 0.1) is 0 Å². The van der Waals surface area contributed by atoms with Crippen molar-refractivity contribution in [2.75, 3.05) is 25.9 Å². The number of anilines is 1. The first-order chi connectivity index (χ1) is 7.63. The predicted octanol–water partition coefficient (Wildman–Crippen LogP) is 2.29. The van der Waals surface area contributed by atoms with Gasteiger partial charge in [-0.3, -0.25) is 0 Å². The van der Waals surface area contributed by atoms with Gasteiger partial charge in [0.15, 0.2) is 0 Å². The molecule has 0 unspecified atom stereocenters. The molecular weight excluding hydrogens is 203 g/mol. The van der Waals surface area contributed by atoms with Crippen LogP contribution in [-0.4, -0.2) is 25.0 Å². The molecule has 3 heteroatoms. The van der Waals surface area contributed by atoms with Crippen LogP contribution in [0, 0.1) is 11.7 Å². The summed E-state index contributed by atoms with van der Waals surface area (Å²) in [7, 11) is 2.15. The van der Waals surface area contributed by atoms with E-state index in [-0.39, 0.29) is 5.82 Å². The number of benzene rings is 1. The molecule has 1 aromatic carbocycles. The second kappa shape index (κ2) is 4.83. The van der Waals surface area contributed by atoms with Gasteiger partial charge in [-0.25, -0.2) is 4.39 Å².